The topological polar surface area (TPSA) is 30.3 Å². The molecule has 1 fully saturated rings. The fourth-order valence-electron chi connectivity index (χ4n) is 3.33. The molecule has 110 valence electrons. The molecule has 2 aliphatic rings. The van der Waals surface area contributed by atoms with Gasteiger partial charge >= 0.3 is 0 Å². The molecule has 1 aliphatic carbocycles. The van der Waals surface area contributed by atoms with E-state index in [0.29, 0.717) is 18.5 Å². The van der Waals surface area contributed by atoms with Crippen molar-refractivity contribution in [3.8, 4) is 5.88 Å². The summed E-state index contributed by atoms with van der Waals surface area (Å²) in [6.45, 7) is 2.85. The van der Waals surface area contributed by atoms with E-state index in [2.05, 4.69) is 32.8 Å². The van der Waals surface area contributed by atoms with Gasteiger partial charge in [0.15, 0.2) is 0 Å². The van der Waals surface area contributed by atoms with Gasteiger partial charge in [-0.1, -0.05) is 12.5 Å². The largest absolute Gasteiger partial charge is 0.475 e. The van der Waals surface area contributed by atoms with Gasteiger partial charge in [0, 0.05) is 43.3 Å². The third-order valence-corrected chi connectivity index (χ3v) is 4.72. The molecule has 0 amide bonds. The lowest BCUT2D eigenvalue weighted by Crippen LogP contribution is -2.47. The maximum atomic E-state index is 5.89. The zero-order valence-corrected chi connectivity index (χ0v) is 12.2. The first-order valence-corrected chi connectivity index (χ1v) is 7.84. The molecule has 0 bridgehead atoms. The molecule has 0 unspecified atom stereocenters. The van der Waals surface area contributed by atoms with Crippen molar-refractivity contribution < 1.29 is 4.74 Å². The van der Waals surface area contributed by atoms with Gasteiger partial charge in [-0.15, -0.1) is 0 Å². The second kappa shape index (κ2) is 5.53. The van der Waals surface area contributed by atoms with Crippen LogP contribution in [0.25, 0.3) is 0 Å². The molecule has 4 nitrogen and oxygen atoms in total. The van der Waals surface area contributed by atoms with E-state index in [1.54, 1.807) is 6.20 Å². The minimum atomic E-state index is 0.381. The van der Waals surface area contributed by atoms with E-state index in [0.717, 1.165) is 19.1 Å². The molecule has 4 rings (SSSR count). The van der Waals surface area contributed by atoms with Crippen LogP contribution in [0.5, 0.6) is 5.88 Å². The normalized spacial score (nSPS) is 22.6. The van der Waals surface area contributed by atoms with Gasteiger partial charge in [-0.05, 0) is 31.0 Å². The predicted octanol–water partition coefficient (Wildman–Crippen LogP) is 2.87. The van der Waals surface area contributed by atoms with Gasteiger partial charge in [0.25, 0.3) is 0 Å². The average Bonchev–Trinajstić information content (AvgIpc) is 2.92. The van der Waals surface area contributed by atoms with Crippen molar-refractivity contribution in [2.24, 2.45) is 0 Å². The zero-order chi connectivity index (χ0) is 14.1. The summed E-state index contributed by atoms with van der Waals surface area (Å²) in [5.74, 6) is 0.715. The van der Waals surface area contributed by atoms with E-state index < -0.39 is 0 Å². The summed E-state index contributed by atoms with van der Waals surface area (Å²) in [7, 11) is 0. The summed E-state index contributed by atoms with van der Waals surface area (Å²) < 4.78 is 8.27. The van der Waals surface area contributed by atoms with Crippen LogP contribution in [0.4, 0.5) is 0 Å². The molecule has 1 aliphatic heterocycles. The number of fused-ring (bicyclic) bond motifs is 1. The Morgan fingerprint density at radius 2 is 2.14 bits per heavy atom. The Morgan fingerprint density at radius 1 is 1.19 bits per heavy atom. The molecule has 1 saturated carbocycles. The van der Waals surface area contributed by atoms with E-state index in [1.165, 1.54) is 25.0 Å². The van der Waals surface area contributed by atoms with E-state index in [9.17, 15) is 0 Å². The molecule has 0 N–H and O–H groups in total. The summed E-state index contributed by atoms with van der Waals surface area (Å²) in [6.07, 6.45) is 8.05. The Morgan fingerprint density at radius 3 is 2.90 bits per heavy atom. The summed E-state index contributed by atoms with van der Waals surface area (Å²) in [4.78, 5) is 6.87. The molecular weight excluding hydrogens is 262 g/mol. The van der Waals surface area contributed by atoms with Gasteiger partial charge in [0.1, 0.15) is 6.61 Å². The van der Waals surface area contributed by atoms with Crippen LogP contribution in [0.1, 0.15) is 31.0 Å². The molecule has 0 spiro atoms. The molecular formula is C17H21N3O. The molecule has 2 aromatic rings. The van der Waals surface area contributed by atoms with Crippen molar-refractivity contribution in [1.29, 1.82) is 0 Å². The predicted molar refractivity (Wildman–Crippen MR) is 81.3 cm³/mol. The van der Waals surface area contributed by atoms with Gasteiger partial charge in [0.05, 0.1) is 6.04 Å². The van der Waals surface area contributed by atoms with Crippen LogP contribution < -0.4 is 4.74 Å². The number of hydrogen-bond donors (Lipinski definition) is 0. The lowest BCUT2D eigenvalue weighted by Gasteiger charge is -2.43. The Hall–Kier alpha value is -1.81. The summed E-state index contributed by atoms with van der Waals surface area (Å²) in [5, 5.41) is 0. The SMILES string of the molecule is c1ccc(OC[C@H]2CN(C3CCC3)Cc3cccn32)nc1. The molecule has 0 aromatic carbocycles. The number of rotatable bonds is 4. The highest BCUT2D eigenvalue weighted by Gasteiger charge is 2.32. The quantitative estimate of drug-likeness (QED) is 0.864. The average molecular weight is 283 g/mol. The summed E-state index contributed by atoms with van der Waals surface area (Å²) in [6, 6.07) is 11.3. The maximum absolute atomic E-state index is 5.89. The first kappa shape index (κ1) is 12.9. The standard InChI is InChI=1S/C17H21N3O/c1-2-9-18-17(8-1)21-13-16-12-19(14-5-3-6-14)11-15-7-4-10-20(15)16/h1-2,4,7-10,14,16H,3,5-6,11-13H2/t16-/m1/s1. The van der Waals surface area contributed by atoms with Gasteiger partial charge in [0.2, 0.25) is 5.88 Å². The first-order chi connectivity index (χ1) is 10.4. The van der Waals surface area contributed by atoms with Crippen LogP contribution in [0, 0.1) is 0 Å². The highest BCUT2D eigenvalue weighted by atomic mass is 16.5. The van der Waals surface area contributed by atoms with Crippen LogP contribution in [0.15, 0.2) is 42.7 Å². The highest BCUT2D eigenvalue weighted by molar-refractivity contribution is 5.13. The fraction of sp³-hybridized carbons (Fsp3) is 0.471. The minimum Gasteiger partial charge on any atom is -0.475 e. The van der Waals surface area contributed by atoms with Crippen LogP contribution in [0.2, 0.25) is 0 Å². The zero-order valence-electron chi connectivity index (χ0n) is 12.2. The minimum absolute atomic E-state index is 0.381. The lowest BCUT2D eigenvalue weighted by molar-refractivity contribution is 0.0648. The van der Waals surface area contributed by atoms with Gasteiger partial charge in [-0.25, -0.2) is 4.98 Å². The summed E-state index contributed by atoms with van der Waals surface area (Å²) >= 11 is 0. The molecule has 3 heterocycles. The van der Waals surface area contributed by atoms with E-state index in [1.807, 2.05) is 18.2 Å². The highest BCUT2D eigenvalue weighted by Crippen LogP contribution is 2.31. The Labute approximate surface area is 125 Å². The van der Waals surface area contributed by atoms with Crippen LogP contribution in [0.3, 0.4) is 0 Å². The third kappa shape index (κ3) is 2.56. The Bertz CT molecular complexity index is 591. The smallest absolute Gasteiger partial charge is 0.213 e. The molecule has 21 heavy (non-hydrogen) atoms. The monoisotopic (exact) mass is 283 g/mol. The van der Waals surface area contributed by atoms with Gasteiger partial charge < -0.3 is 9.30 Å². The number of pyridine rings is 1. The van der Waals surface area contributed by atoms with Crippen LogP contribution in [-0.2, 0) is 6.54 Å². The van der Waals surface area contributed by atoms with E-state index >= 15 is 0 Å². The molecule has 0 saturated heterocycles. The third-order valence-electron chi connectivity index (χ3n) is 4.72. The van der Waals surface area contributed by atoms with E-state index in [-0.39, 0.29) is 0 Å². The Kier molecular flexibility index (Phi) is 3.39. The molecule has 1 atom stereocenters. The first-order valence-electron chi connectivity index (χ1n) is 7.84. The van der Waals surface area contributed by atoms with Crippen molar-refractivity contribution in [2.45, 2.75) is 37.9 Å². The molecule has 2 aromatic heterocycles. The van der Waals surface area contributed by atoms with Crippen LogP contribution in [-0.4, -0.2) is 33.6 Å². The number of nitrogens with zero attached hydrogens (tertiary/aromatic N) is 3. The summed E-state index contributed by atoms with van der Waals surface area (Å²) in [5.41, 5.74) is 1.41. The lowest BCUT2D eigenvalue weighted by atomic mass is 9.90. The van der Waals surface area contributed by atoms with Crippen molar-refractivity contribution in [3.05, 3.63) is 48.4 Å². The fourth-order valence-corrected chi connectivity index (χ4v) is 3.33. The number of hydrogen-bond acceptors (Lipinski definition) is 3. The maximum Gasteiger partial charge on any atom is 0.213 e. The van der Waals surface area contributed by atoms with Gasteiger partial charge in [-0.2, -0.15) is 0 Å². The van der Waals surface area contributed by atoms with Crippen LogP contribution >= 0.6 is 0 Å². The van der Waals surface area contributed by atoms with Crippen molar-refractivity contribution >= 4 is 0 Å². The molecule has 4 heteroatoms. The van der Waals surface area contributed by atoms with Crippen molar-refractivity contribution in [1.82, 2.24) is 14.5 Å². The van der Waals surface area contributed by atoms with Gasteiger partial charge in [-0.3, -0.25) is 4.90 Å². The van der Waals surface area contributed by atoms with E-state index in [4.69, 9.17) is 4.74 Å². The second-order valence-electron chi connectivity index (χ2n) is 6.05. The number of aromatic nitrogens is 2. The second-order valence-corrected chi connectivity index (χ2v) is 6.05. The Balaban J connectivity index is 1.48. The van der Waals surface area contributed by atoms with Crippen molar-refractivity contribution in [3.63, 3.8) is 0 Å². The number of ether oxygens (including phenoxy) is 1. The van der Waals surface area contributed by atoms with Crippen molar-refractivity contribution in [2.75, 3.05) is 13.2 Å². The molecule has 0 radical (unpaired) electrons.